The Morgan fingerprint density at radius 1 is 0.596 bits per heavy atom. The fourth-order valence-electron chi connectivity index (χ4n) is 6.11. The maximum atomic E-state index is 12.8. The van der Waals surface area contributed by atoms with Gasteiger partial charge < -0.3 is 15.2 Å². The molecule has 0 aliphatic heterocycles. The zero-order valence-electron chi connectivity index (χ0n) is 34.5. The van der Waals surface area contributed by atoms with Crippen molar-refractivity contribution >= 4 is 13.8 Å². The first kappa shape index (κ1) is 50.8. The molecule has 0 rings (SSSR count). The third-order valence-electron chi connectivity index (χ3n) is 9.43. The zero-order chi connectivity index (χ0) is 38.3. The fourth-order valence-corrected chi connectivity index (χ4v) is 7.15. The minimum absolute atomic E-state index is 0.0234. The van der Waals surface area contributed by atoms with Gasteiger partial charge in [0, 0.05) is 20.1 Å². The normalized spacial score (nSPS) is 14.2. The smallest absolute Gasteiger partial charge is 0.474 e. The molecule has 0 aromatic carbocycles. The Balaban J connectivity index is 4.34. The maximum Gasteiger partial charge on any atom is 0.474 e. The number of carbonyl (C=O) groups is 1. The first-order valence-corrected chi connectivity index (χ1v) is 23.1. The molecular weight excluding hydrogens is 673 g/mol. The van der Waals surface area contributed by atoms with Gasteiger partial charge in [-0.1, -0.05) is 161 Å². The highest BCUT2D eigenvalue weighted by Crippen LogP contribution is 2.49. The molecule has 0 aromatic rings. The fraction of sp³-hybridized carbons (Fsp3) is 0.884. The lowest BCUT2D eigenvalue weighted by Crippen LogP contribution is -2.41. The van der Waals surface area contributed by atoms with Crippen molar-refractivity contribution in [3.8, 4) is 0 Å². The van der Waals surface area contributed by atoms with Crippen molar-refractivity contribution in [2.24, 2.45) is 5.73 Å². The SMILES string of the molecule is CCCCCCCCC=CCCCCCCCC(=O)OC(C)(COC=CCCCCCCCCCCCCCCCC)COP(=O)(OC)OCCN. The van der Waals surface area contributed by atoms with Crippen molar-refractivity contribution < 1.29 is 32.4 Å². The minimum Gasteiger partial charge on any atom is -0.497 e. The van der Waals surface area contributed by atoms with Crippen LogP contribution in [0.1, 0.15) is 207 Å². The highest BCUT2D eigenvalue weighted by molar-refractivity contribution is 7.48. The van der Waals surface area contributed by atoms with Crippen LogP contribution in [0, 0.1) is 0 Å². The number of phosphoric acid groups is 1. The highest BCUT2D eigenvalue weighted by Gasteiger charge is 2.35. The Bertz CT molecular complexity index is 884. The number of ether oxygens (including phenoxy) is 2. The van der Waals surface area contributed by atoms with Crippen molar-refractivity contribution in [3.05, 3.63) is 24.5 Å². The topological polar surface area (TPSA) is 106 Å². The average Bonchev–Trinajstić information content (AvgIpc) is 3.14. The van der Waals surface area contributed by atoms with Gasteiger partial charge >= 0.3 is 13.8 Å². The molecule has 0 amide bonds. The Morgan fingerprint density at radius 3 is 1.46 bits per heavy atom. The predicted molar refractivity (Wildman–Crippen MR) is 220 cm³/mol. The Hall–Kier alpha value is -1.18. The highest BCUT2D eigenvalue weighted by atomic mass is 31.2. The Kier molecular flexibility index (Phi) is 37.2. The summed E-state index contributed by atoms with van der Waals surface area (Å²) < 4.78 is 40.2. The first-order chi connectivity index (χ1) is 25.3. The van der Waals surface area contributed by atoms with Gasteiger partial charge in [0.15, 0.2) is 5.60 Å². The van der Waals surface area contributed by atoms with Crippen molar-refractivity contribution in [2.45, 2.75) is 213 Å². The summed E-state index contributed by atoms with van der Waals surface area (Å²) in [6.07, 6.45) is 44.0. The van der Waals surface area contributed by atoms with Crippen molar-refractivity contribution in [1.29, 1.82) is 0 Å². The summed E-state index contributed by atoms with van der Waals surface area (Å²) in [6, 6.07) is 0. The maximum absolute atomic E-state index is 12.8. The largest absolute Gasteiger partial charge is 0.497 e. The number of rotatable bonds is 41. The summed E-state index contributed by atoms with van der Waals surface area (Å²) in [7, 11) is -2.58. The van der Waals surface area contributed by atoms with Gasteiger partial charge in [0.05, 0.1) is 12.9 Å². The molecule has 8 nitrogen and oxygen atoms in total. The van der Waals surface area contributed by atoms with Crippen LogP contribution in [0.15, 0.2) is 24.5 Å². The van der Waals surface area contributed by atoms with E-state index in [9.17, 15) is 9.36 Å². The van der Waals surface area contributed by atoms with Crippen LogP contribution in [0.4, 0.5) is 0 Å². The summed E-state index contributed by atoms with van der Waals surface area (Å²) in [4.78, 5) is 12.8. The average molecular weight is 758 g/mol. The molecule has 0 saturated heterocycles. The van der Waals surface area contributed by atoms with Crippen LogP contribution in [-0.4, -0.2) is 45.0 Å². The molecule has 0 radical (unpaired) electrons. The van der Waals surface area contributed by atoms with Crippen molar-refractivity contribution in [1.82, 2.24) is 0 Å². The predicted octanol–water partition coefficient (Wildman–Crippen LogP) is 13.5. The lowest BCUT2D eigenvalue weighted by atomic mass is 10.0. The Labute approximate surface area is 321 Å². The van der Waals surface area contributed by atoms with Gasteiger partial charge in [-0.15, -0.1) is 0 Å². The van der Waals surface area contributed by atoms with Crippen LogP contribution in [0.2, 0.25) is 0 Å². The summed E-state index contributed by atoms with van der Waals surface area (Å²) >= 11 is 0. The zero-order valence-corrected chi connectivity index (χ0v) is 35.4. The molecule has 0 saturated carbocycles. The molecule has 9 heteroatoms. The van der Waals surface area contributed by atoms with E-state index in [1.807, 2.05) is 6.08 Å². The Morgan fingerprint density at radius 2 is 1.02 bits per heavy atom. The number of hydrogen-bond donors (Lipinski definition) is 1. The van der Waals surface area contributed by atoms with E-state index in [1.165, 1.54) is 142 Å². The molecule has 2 N–H and O–H groups in total. The first-order valence-electron chi connectivity index (χ1n) is 21.6. The second kappa shape index (κ2) is 38.1. The van der Waals surface area contributed by atoms with Gasteiger partial charge in [0.1, 0.15) is 13.2 Å². The number of allylic oxidation sites excluding steroid dienone is 3. The van der Waals surface area contributed by atoms with Crippen LogP contribution in [-0.2, 0) is 32.4 Å². The number of esters is 1. The van der Waals surface area contributed by atoms with Crippen LogP contribution >= 0.6 is 7.82 Å². The number of unbranched alkanes of at least 4 members (excludes halogenated alkanes) is 25. The quantitative estimate of drug-likeness (QED) is 0.0216. The molecule has 2 atom stereocenters. The van der Waals surface area contributed by atoms with E-state index in [0.29, 0.717) is 6.42 Å². The molecule has 2 unspecified atom stereocenters. The number of hydrogen-bond acceptors (Lipinski definition) is 8. The van der Waals surface area contributed by atoms with Crippen LogP contribution in [0.3, 0.4) is 0 Å². The second-order valence-corrected chi connectivity index (χ2v) is 16.6. The van der Waals surface area contributed by atoms with Gasteiger partial charge in [0.2, 0.25) is 0 Å². The molecule has 0 spiro atoms. The molecule has 308 valence electrons. The van der Waals surface area contributed by atoms with E-state index >= 15 is 0 Å². The van der Waals surface area contributed by atoms with E-state index in [1.54, 1.807) is 13.2 Å². The van der Waals surface area contributed by atoms with E-state index < -0.39 is 13.4 Å². The lowest BCUT2D eigenvalue weighted by Gasteiger charge is -2.29. The molecule has 0 aliphatic rings. The second-order valence-electron chi connectivity index (χ2n) is 14.9. The van der Waals surface area contributed by atoms with E-state index in [0.717, 1.165) is 44.9 Å². The van der Waals surface area contributed by atoms with Crippen molar-refractivity contribution in [2.75, 3.05) is 33.5 Å². The van der Waals surface area contributed by atoms with Gasteiger partial charge in [-0.25, -0.2) is 4.57 Å². The number of carbonyl (C=O) groups excluding carboxylic acids is 1. The van der Waals surface area contributed by atoms with Crippen molar-refractivity contribution in [3.63, 3.8) is 0 Å². The summed E-state index contributed by atoms with van der Waals surface area (Å²) in [5.74, 6) is -0.325. The number of phosphoric ester groups is 1. The van der Waals surface area contributed by atoms with E-state index in [2.05, 4.69) is 26.0 Å². The summed E-state index contributed by atoms with van der Waals surface area (Å²) in [5.41, 5.74) is 4.32. The van der Waals surface area contributed by atoms with Crippen LogP contribution < -0.4 is 5.73 Å². The van der Waals surface area contributed by atoms with Gasteiger partial charge in [-0.2, -0.15) is 0 Å². The van der Waals surface area contributed by atoms with Gasteiger partial charge in [0.25, 0.3) is 0 Å². The molecule has 52 heavy (non-hydrogen) atoms. The van der Waals surface area contributed by atoms with Gasteiger partial charge in [-0.3, -0.25) is 18.4 Å². The molecular formula is C43H84NO7P. The molecule has 0 aromatic heterocycles. The van der Waals surface area contributed by atoms with Gasteiger partial charge in [-0.05, 0) is 57.9 Å². The standard InChI is InChI=1S/C43H84NO7P/c1-5-7-9-11-13-15-17-19-21-23-25-27-29-31-33-35-38-48-40-43(3,41-50-52(46,47-4)49-39-37-44)51-42(45)36-34-32-30-28-26-24-22-20-18-16-14-12-10-8-6-2/h20,22,35,38H,5-19,21,23-34,36-37,39-41,44H2,1-4H3. The summed E-state index contributed by atoms with van der Waals surface area (Å²) in [6.45, 7) is 6.30. The third kappa shape index (κ3) is 34.6. The lowest BCUT2D eigenvalue weighted by molar-refractivity contribution is -0.167. The molecule has 0 fully saturated rings. The van der Waals surface area contributed by atoms with E-state index in [4.69, 9.17) is 28.8 Å². The third-order valence-corrected chi connectivity index (χ3v) is 10.8. The van der Waals surface area contributed by atoms with Crippen LogP contribution in [0.5, 0.6) is 0 Å². The monoisotopic (exact) mass is 758 g/mol. The van der Waals surface area contributed by atoms with Crippen LogP contribution in [0.25, 0.3) is 0 Å². The summed E-state index contributed by atoms with van der Waals surface area (Å²) in [5, 5.41) is 0. The number of nitrogens with two attached hydrogens (primary N) is 1. The molecule has 0 bridgehead atoms. The van der Waals surface area contributed by atoms with E-state index in [-0.39, 0.29) is 32.3 Å². The molecule has 0 aliphatic carbocycles. The minimum atomic E-state index is -3.84. The molecule has 0 heterocycles.